The third-order valence-corrected chi connectivity index (χ3v) is 4.33. The number of hydrogen-bond donors (Lipinski definition) is 2. The van der Waals surface area contributed by atoms with Gasteiger partial charge < -0.3 is 20.1 Å². The number of amides is 1. The summed E-state index contributed by atoms with van der Waals surface area (Å²) in [6, 6.07) is 0.0905. The monoisotopic (exact) mass is 284 g/mol. The van der Waals surface area contributed by atoms with Crippen molar-refractivity contribution < 1.29 is 14.6 Å². The van der Waals surface area contributed by atoms with E-state index in [1.165, 1.54) is 12.8 Å². The molecule has 2 aliphatic rings. The summed E-state index contributed by atoms with van der Waals surface area (Å²) >= 11 is 0. The summed E-state index contributed by atoms with van der Waals surface area (Å²) in [5, 5.41) is 13.1. The summed E-state index contributed by atoms with van der Waals surface area (Å²) < 4.78 is 4.96. The smallest absolute Gasteiger partial charge is 0.407 e. The maximum Gasteiger partial charge on any atom is 0.407 e. The molecule has 1 saturated heterocycles. The number of alkyl carbamates (subject to hydrolysis) is 1. The van der Waals surface area contributed by atoms with Crippen molar-refractivity contribution >= 4 is 6.09 Å². The van der Waals surface area contributed by atoms with Crippen LogP contribution in [0, 0.1) is 11.8 Å². The van der Waals surface area contributed by atoms with E-state index in [1.54, 1.807) is 0 Å². The molecule has 1 aliphatic carbocycles. The van der Waals surface area contributed by atoms with E-state index in [-0.39, 0.29) is 24.2 Å². The molecule has 116 valence electrons. The van der Waals surface area contributed by atoms with Gasteiger partial charge in [-0.1, -0.05) is 6.92 Å². The van der Waals surface area contributed by atoms with Crippen LogP contribution in [0.1, 0.15) is 39.5 Å². The highest BCUT2D eigenvalue weighted by Gasteiger charge is 2.34. The highest BCUT2D eigenvalue weighted by atomic mass is 16.5. The maximum atomic E-state index is 11.6. The Labute approximate surface area is 121 Å². The van der Waals surface area contributed by atoms with Gasteiger partial charge in [-0.3, -0.25) is 0 Å². The van der Waals surface area contributed by atoms with Crippen molar-refractivity contribution in [2.24, 2.45) is 11.8 Å². The molecule has 20 heavy (non-hydrogen) atoms. The van der Waals surface area contributed by atoms with Crippen LogP contribution < -0.4 is 5.32 Å². The van der Waals surface area contributed by atoms with Crippen LogP contribution in [0.2, 0.25) is 0 Å². The zero-order chi connectivity index (χ0) is 14.5. The first-order chi connectivity index (χ1) is 9.62. The normalized spacial score (nSPS) is 28.9. The molecule has 2 rings (SSSR count). The molecular weight excluding hydrogens is 256 g/mol. The number of ether oxygens (including phenoxy) is 1. The number of nitrogens with zero attached hydrogens (tertiary/aromatic N) is 1. The fourth-order valence-corrected chi connectivity index (χ4v) is 3.10. The minimum absolute atomic E-state index is 0.0905. The fourth-order valence-electron chi connectivity index (χ4n) is 3.10. The summed E-state index contributed by atoms with van der Waals surface area (Å²) in [5.41, 5.74) is 0. The Morgan fingerprint density at radius 1 is 1.40 bits per heavy atom. The lowest BCUT2D eigenvalue weighted by molar-refractivity contribution is 0.0330. The van der Waals surface area contributed by atoms with E-state index in [0.717, 1.165) is 38.4 Å². The SMILES string of the molecule is CCOC(=O)NC1CC(C(O)CC)CN(CC2CC2)C1. The molecule has 3 atom stereocenters. The van der Waals surface area contributed by atoms with Gasteiger partial charge in [0.1, 0.15) is 0 Å². The zero-order valence-corrected chi connectivity index (χ0v) is 12.7. The number of carbonyl (C=O) groups excluding carboxylic acids is 1. The van der Waals surface area contributed by atoms with Crippen LogP contribution in [0.3, 0.4) is 0 Å². The Morgan fingerprint density at radius 3 is 2.75 bits per heavy atom. The number of aliphatic hydroxyl groups excluding tert-OH is 1. The van der Waals surface area contributed by atoms with Gasteiger partial charge in [0.2, 0.25) is 0 Å². The van der Waals surface area contributed by atoms with Gasteiger partial charge in [0.05, 0.1) is 12.7 Å². The minimum atomic E-state index is -0.337. The van der Waals surface area contributed by atoms with Gasteiger partial charge >= 0.3 is 6.09 Å². The molecule has 0 aromatic carbocycles. The second kappa shape index (κ2) is 7.27. The first kappa shape index (κ1) is 15.6. The topological polar surface area (TPSA) is 61.8 Å². The predicted molar refractivity (Wildman–Crippen MR) is 77.5 cm³/mol. The number of hydrogen-bond acceptors (Lipinski definition) is 4. The summed E-state index contributed by atoms with van der Waals surface area (Å²) in [6.45, 7) is 7.15. The first-order valence-electron chi connectivity index (χ1n) is 7.96. The summed E-state index contributed by atoms with van der Waals surface area (Å²) in [5.74, 6) is 1.08. The lowest BCUT2D eigenvalue weighted by Crippen LogP contribution is -2.53. The van der Waals surface area contributed by atoms with Gasteiger partial charge in [-0.05, 0) is 44.4 Å². The Kier molecular flexibility index (Phi) is 5.66. The first-order valence-corrected chi connectivity index (χ1v) is 7.96. The molecule has 1 saturated carbocycles. The Hall–Kier alpha value is -0.810. The summed E-state index contributed by atoms with van der Waals surface area (Å²) in [4.78, 5) is 14.0. The third kappa shape index (κ3) is 4.63. The molecule has 0 aromatic rings. The zero-order valence-electron chi connectivity index (χ0n) is 12.7. The highest BCUT2D eigenvalue weighted by Crippen LogP contribution is 2.32. The Balaban J connectivity index is 1.89. The molecule has 2 fully saturated rings. The van der Waals surface area contributed by atoms with Crippen molar-refractivity contribution in [3.63, 3.8) is 0 Å². The number of likely N-dealkylation sites (tertiary alicyclic amines) is 1. The maximum absolute atomic E-state index is 11.6. The Morgan fingerprint density at radius 2 is 2.15 bits per heavy atom. The molecule has 0 bridgehead atoms. The standard InChI is InChI=1S/C15H28N2O3/c1-3-14(18)12-7-13(16-15(19)20-4-2)10-17(9-12)8-11-5-6-11/h11-14,18H,3-10H2,1-2H3,(H,16,19). The second-order valence-electron chi connectivity index (χ2n) is 6.20. The fraction of sp³-hybridized carbons (Fsp3) is 0.933. The van der Waals surface area contributed by atoms with Crippen LogP contribution in [0.5, 0.6) is 0 Å². The van der Waals surface area contributed by atoms with E-state index in [9.17, 15) is 9.90 Å². The number of carbonyl (C=O) groups is 1. The van der Waals surface area contributed by atoms with E-state index in [0.29, 0.717) is 6.61 Å². The van der Waals surface area contributed by atoms with Crippen molar-refractivity contribution in [2.75, 3.05) is 26.2 Å². The molecule has 5 heteroatoms. The van der Waals surface area contributed by atoms with Gasteiger partial charge in [0.25, 0.3) is 0 Å². The van der Waals surface area contributed by atoms with Gasteiger partial charge in [-0.2, -0.15) is 0 Å². The van der Waals surface area contributed by atoms with Crippen LogP contribution in [-0.2, 0) is 4.74 Å². The number of rotatable bonds is 6. The quantitative estimate of drug-likeness (QED) is 0.778. The molecule has 1 aliphatic heterocycles. The summed E-state index contributed by atoms with van der Waals surface area (Å²) in [6.07, 6.45) is 3.66. The molecule has 0 spiro atoms. The molecule has 0 radical (unpaired) electrons. The lowest BCUT2D eigenvalue weighted by Gasteiger charge is -2.39. The van der Waals surface area contributed by atoms with Crippen molar-refractivity contribution in [3.8, 4) is 0 Å². The molecule has 2 N–H and O–H groups in total. The van der Waals surface area contributed by atoms with Crippen molar-refractivity contribution in [2.45, 2.75) is 51.7 Å². The molecule has 1 heterocycles. The molecular formula is C15H28N2O3. The van der Waals surface area contributed by atoms with Gasteiger partial charge in [-0.15, -0.1) is 0 Å². The van der Waals surface area contributed by atoms with Gasteiger partial charge in [-0.25, -0.2) is 4.79 Å². The van der Waals surface area contributed by atoms with E-state index >= 15 is 0 Å². The third-order valence-electron chi connectivity index (χ3n) is 4.33. The van der Waals surface area contributed by atoms with Crippen molar-refractivity contribution in [3.05, 3.63) is 0 Å². The van der Waals surface area contributed by atoms with E-state index in [4.69, 9.17) is 4.74 Å². The number of piperidine rings is 1. The largest absolute Gasteiger partial charge is 0.450 e. The molecule has 0 aromatic heterocycles. The van der Waals surface area contributed by atoms with Crippen LogP contribution >= 0.6 is 0 Å². The number of nitrogens with one attached hydrogen (secondary N) is 1. The molecule has 5 nitrogen and oxygen atoms in total. The second-order valence-corrected chi connectivity index (χ2v) is 6.20. The lowest BCUT2D eigenvalue weighted by atomic mass is 9.88. The minimum Gasteiger partial charge on any atom is -0.450 e. The predicted octanol–water partition coefficient (Wildman–Crippen LogP) is 1.60. The average Bonchev–Trinajstić information content (AvgIpc) is 3.21. The summed E-state index contributed by atoms with van der Waals surface area (Å²) in [7, 11) is 0. The van der Waals surface area contributed by atoms with Gasteiger partial charge in [0.15, 0.2) is 0 Å². The van der Waals surface area contributed by atoms with Crippen LogP contribution in [-0.4, -0.2) is 54.5 Å². The van der Waals surface area contributed by atoms with Crippen molar-refractivity contribution in [1.82, 2.24) is 10.2 Å². The van der Waals surface area contributed by atoms with E-state index in [1.807, 2.05) is 13.8 Å². The number of aliphatic hydroxyl groups is 1. The van der Waals surface area contributed by atoms with Crippen LogP contribution in [0.4, 0.5) is 4.79 Å². The molecule has 1 amide bonds. The molecule has 3 unspecified atom stereocenters. The van der Waals surface area contributed by atoms with Crippen LogP contribution in [0.15, 0.2) is 0 Å². The van der Waals surface area contributed by atoms with Gasteiger partial charge in [0, 0.05) is 25.7 Å². The average molecular weight is 284 g/mol. The highest BCUT2D eigenvalue weighted by molar-refractivity contribution is 5.67. The van der Waals surface area contributed by atoms with Crippen LogP contribution in [0.25, 0.3) is 0 Å². The van der Waals surface area contributed by atoms with Crippen molar-refractivity contribution in [1.29, 1.82) is 0 Å². The van der Waals surface area contributed by atoms with E-state index in [2.05, 4.69) is 10.2 Å². The van der Waals surface area contributed by atoms with E-state index < -0.39 is 0 Å². The Bertz CT molecular complexity index is 320.